The average molecular weight is 1460 g/mol. The molecule has 0 spiro atoms. The van der Waals surface area contributed by atoms with Crippen molar-refractivity contribution in [2.75, 3.05) is 64.3 Å². The Morgan fingerprint density at radius 3 is 2.15 bits per heavy atom. The van der Waals surface area contributed by atoms with Crippen molar-refractivity contribution in [1.29, 1.82) is 0 Å². The number of ether oxygens (including phenoxy) is 5. The molecule has 29 nitrogen and oxygen atoms in total. The number of alkyl halides is 4. The molecule has 3 saturated heterocycles. The summed E-state index contributed by atoms with van der Waals surface area (Å²) in [6.45, 7) is 18.0. The molecule has 4 aromatic rings. The molecule has 4 aliphatic rings. The molecule has 39 heteroatoms. The topological polar surface area (TPSA) is 343 Å². The summed E-state index contributed by atoms with van der Waals surface area (Å²) in [4.78, 5) is 107. The van der Waals surface area contributed by atoms with Crippen LogP contribution in [-0.4, -0.2) is 215 Å². The van der Waals surface area contributed by atoms with Gasteiger partial charge in [-0.3, -0.25) is 37.5 Å². The van der Waals surface area contributed by atoms with Gasteiger partial charge in [0, 0.05) is 35.4 Å². The van der Waals surface area contributed by atoms with E-state index >= 15 is 4.39 Å². The number of amides is 4. The first-order valence-electron chi connectivity index (χ1n) is 31.3. The van der Waals surface area contributed by atoms with E-state index in [1.807, 2.05) is 33.9 Å². The van der Waals surface area contributed by atoms with Crippen molar-refractivity contribution in [2.45, 2.75) is 203 Å². The molecule has 532 valence electrons. The van der Waals surface area contributed by atoms with E-state index in [0.717, 1.165) is 12.4 Å². The quantitative estimate of drug-likeness (QED) is 0.0127. The molecule has 0 aromatic carbocycles. The second-order valence-corrected chi connectivity index (χ2v) is 49.2. The number of imidazole rings is 1. The number of nitrogens with one attached hydrogen (secondary N) is 2. The van der Waals surface area contributed by atoms with E-state index in [9.17, 15) is 56.6 Å². The zero-order valence-electron chi connectivity index (χ0n) is 55.6. The highest BCUT2D eigenvalue weighted by Crippen LogP contribution is 2.61. The predicted octanol–water partition coefficient (Wildman–Crippen LogP) is 7.46. The first-order valence-corrected chi connectivity index (χ1v) is 45.9. The van der Waals surface area contributed by atoms with Crippen LogP contribution in [0.2, 0.25) is 69.5 Å². The van der Waals surface area contributed by atoms with E-state index < -0.39 is 153 Å². The van der Waals surface area contributed by atoms with Crippen molar-refractivity contribution in [2.24, 2.45) is 0 Å². The van der Waals surface area contributed by atoms with E-state index in [-0.39, 0.29) is 88.2 Å². The fraction of sp³-hybridized carbons (Fsp3) is 0.732. The lowest BCUT2D eigenvalue weighted by atomic mass is 9.96. The molecule has 4 aromatic heterocycles. The highest BCUT2D eigenvalue weighted by Gasteiger charge is 2.59. The van der Waals surface area contributed by atoms with Gasteiger partial charge in [-0.1, -0.05) is 60.1 Å². The number of rotatable bonds is 27. The highest BCUT2D eigenvalue weighted by atomic mass is 32.5. The first kappa shape index (κ1) is 76.1. The van der Waals surface area contributed by atoms with Crippen LogP contribution in [0.1, 0.15) is 71.9 Å². The van der Waals surface area contributed by atoms with Crippen LogP contribution in [0.15, 0.2) is 30.0 Å². The van der Waals surface area contributed by atoms with Gasteiger partial charge in [0.2, 0.25) is 5.91 Å². The number of carbonyl (C=O) groups is 4. The van der Waals surface area contributed by atoms with Crippen molar-refractivity contribution in [3.63, 3.8) is 0 Å². The second kappa shape index (κ2) is 29.6. The number of aliphatic hydroxyl groups excluding tert-OH is 1. The Balaban J connectivity index is 1.11. The number of aryl methyl sites for hydroxylation is 1. The van der Waals surface area contributed by atoms with Crippen LogP contribution in [0, 0.1) is 0 Å². The van der Waals surface area contributed by atoms with Gasteiger partial charge in [-0.05, 0) is 87.1 Å². The molecule has 8 heterocycles. The summed E-state index contributed by atoms with van der Waals surface area (Å²) in [5.74, 6) is -2.55. The monoisotopic (exact) mass is 1460 g/mol. The van der Waals surface area contributed by atoms with E-state index in [1.165, 1.54) is 51.3 Å². The van der Waals surface area contributed by atoms with Gasteiger partial charge in [0.25, 0.3) is 5.56 Å². The van der Waals surface area contributed by atoms with Gasteiger partial charge in [0.05, 0.1) is 62.9 Å². The second-order valence-electron chi connectivity index (χ2n) is 28.5. The molecule has 5 N–H and O–H groups in total. The summed E-state index contributed by atoms with van der Waals surface area (Å²) in [7, 11) is -11.6. The number of anilines is 1. The van der Waals surface area contributed by atoms with Crippen molar-refractivity contribution in [1.82, 2.24) is 49.2 Å². The van der Waals surface area contributed by atoms with E-state index in [4.69, 9.17) is 53.5 Å². The van der Waals surface area contributed by atoms with Crippen LogP contribution in [-0.2, 0) is 80.6 Å². The number of halogens is 4. The molecule has 0 aliphatic carbocycles. The lowest BCUT2D eigenvalue weighted by Crippen LogP contribution is -2.53. The molecule has 3 fully saturated rings. The fourth-order valence-electron chi connectivity index (χ4n) is 11.3. The summed E-state index contributed by atoms with van der Waals surface area (Å²) in [5.41, 5.74) is -4.50. The molecule has 95 heavy (non-hydrogen) atoms. The highest BCUT2D eigenvalue weighted by molar-refractivity contribution is 8.07. The molecule has 10 atom stereocenters. The number of hydrogen-bond donors (Lipinski definition) is 5. The van der Waals surface area contributed by atoms with E-state index in [2.05, 4.69) is 69.9 Å². The Morgan fingerprint density at radius 1 is 0.832 bits per heavy atom. The number of likely N-dealkylation sites (tertiary alicyclic amines) is 1. The molecule has 0 bridgehead atoms. The molecule has 0 unspecified atom stereocenters. The third-order valence-electron chi connectivity index (χ3n) is 17.4. The van der Waals surface area contributed by atoms with Crippen molar-refractivity contribution >= 4 is 103 Å². The number of aliphatic hydroxyl groups is 1. The lowest BCUT2D eigenvalue weighted by molar-refractivity contribution is -0.189. The number of aromatic nitrogens is 7. The predicted molar refractivity (Wildman–Crippen MR) is 350 cm³/mol. The Morgan fingerprint density at radius 2 is 1.51 bits per heavy atom. The summed E-state index contributed by atoms with van der Waals surface area (Å²) < 4.78 is 134. The number of fused-ring (bicyclic) bond motifs is 1. The Labute approximate surface area is 555 Å². The maximum absolute atomic E-state index is 17.4. The lowest BCUT2D eigenvalue weighted by Gasteiger charge is -2.43. The number of hydrogen-bond acceptors (Lipinski definition) is 21. The van der Waals surface area contributed by atoms with Crippen molar-refractivity contribution in [3.05, 3.63) is 41.1 Å². The molecule has 4 amide bonds. The molecular weight excluding hydrogens is 1370 g/mol. The minimum Gasteiger partial charge on any atom is -0.450 e. The van der Waals surface area contributed by atoms with Crippen LogP contribution in [0.4, 0.5) is 33.0 Å². The zero-order chi connectivity index (χ0) is 70.2. The van der Waals surface area contributed by atoms with E-state index in [0.29, 0.717) is 34.7 Å². The van der Waals surface area contributed by atoms with E-state index in [1.54, 1.807) is 0 Å². The zero-order valence-corrected chi connectivity index (χ0v) is 61.2. The number of carbonyl (C=O) groups excluding carboxylic acids is 4. The number of nitrogens with zero attached hydrogens (tertiary/aromatic N) is 9. The van der Waals surface area contributed by atoms with Gasteiger partial charge in [-0.2, -0.15) is 13.2 Å². The van der Waals surface area contributed by atoms with Crippen LogP contribution < -0.4 is 21.1 Å². The smallest absolute Gasteiger partial charge is 0.450 e. The molecular formula is C56H89F4N11O18P2SSi3. The maximum atomic E-state index is 17.4. The third-order valence-corrected chi connectivity index (χ3v) is 29.1. The third kappa shape index (κ3) is 18.2. The van der Waals surface area contributed by atoms with Crippen LogP contribution in [0.3, 0.4) is 0 Å². The van der Waals surface area contributed by atoms with Gasteiger partial charge in [-0.15, -0.1) is 0 Å². The number of alkyl carbamates (subject to hydrolysis) is 1. The molecule has 8 rings (SSSR count). The summed E-state index contributed by atoms with van der Waals surface area (Å²) in [6, 6.07) is 0.116. The van der Waals surface area contributed by atoms with Crippen molar-refractivity contribution in [3.8, 4) is 0 Å². The van der Waals surface area contributed by atoms with Crippen LogP contribution >= 0.6 is 14.3 Å². The Kier molecular flexibility index (Phi) is 23.7. The Bertz CT molecular complexity index is 3590. The van der Waals surface area contributed by atoms with Gasteiger partial charge < -0.3 is 72.2 Å². The maximum Gasteiger partial charge on any atom is 0.471 e. The van der Waals surface area contributed by atoms with Gasteiger partial charge in [0.15, 0.2) is 43.9 Å². The standard InChI is InChI=1S/C56H89F4N11O18P2SSi3/c1-54(2,3)95(12,13)88-42-35(28-72)85-50(71-32-64-41-47(71)65-31-67(48(41)74)20-21-81-33-66-38(73)26-61-52(76)82-22-24-93(6,7)8)43(42)87-91(92,89-55(4,5)37-17-15-18-68(37)51(75)56(58,59)60)84-29-36-44(90(78,79)80)40(57)49(86-36)70-27-34-16-14-19-69(45-39(34)46(70)63-30-62-45)53(77)83-23-25-94(9,10)11/h27,30-32,35-37,40,42-44,49-50,72H,14-26,28-29,33H2,1-13H3,(H,61,76)(H,66,73)(H2,78,79,80)/t35-,36-,37-,40+,42-,43-,44-,49-,50-,91-/m1/s1. The van der Waals surface area contributed by atoms with Crippen LogP contribution in [0.5, 0.6) is 0 Å². The normalized spacial score (nSPS) is 23.9. The molecule has 0 radical (unpaired) electrons. The first-order chi connectivity index (χ1) is 44.0. The summed E-state index contributed by atoms with van der Waals surface area (Å²) in [5, 5.41) is 15.8. The molecule has 4 aliphatic heterocycles. The fourth-order valence-corrected chi connectivity index (χ4v) is 17.9. The average Bonchev–Trinajstić information content (AvgIpc) is 1.61. The summed E-state index contributed by atoms with van der Waals surface area (Å²) in [6.07, 6.45) is -12.7. The van der Waals surface area contributed by atoms with Crippen molar-refractivity contribution < 1.29 is 97.9 Å². The largest absolute Gasteiger partial charge is 0.471 e. The van der Waals surface area contributed by atoms with Crippen LogP contribution in [0.25, 0.3) is 22.2 Å². The Hall–Kier alpha value is -4.70. The minimum absolute atomic E-state index is 0.0288. The summed E-state index contributed by atoms with van der Waals surface area (Å²) >= 11 is 6.29. The van der Waals surface area contributed by atoms with Gasteiger partial charge in [-0.25, -0.2) is 33.9 Å². The SMILES string of the molecule is CC(C)(O[P@@](=S)(OC[C@H]1O[C@@H](n2cc3c4c(ncnc42)N(C(=O)OCC[Si](C)(C)C)CCC3)[C@@H](F)[C@@H]1P(=O)(O)O)O[C@@H]1[C@H](O[Si](C)(C)C(C)(C)C)[C@@H](CO)O[C@H]1n1cnc2c(=O)n(CCOCNC(=O)CNC(=O)OCC[Si](C)(C)C)cnc21)[C@H]1CCCN1C(=O)C(F)(F)F. The van der Waals surface area contributed by atoms with Gasteiger partial charge >= 0.3 is 38.6 Å². The van der Waals surface area contributed by atoms with Gasteiger partial charge in [0.1, 0.15) is 61.7 Å². The minimum atomic E-state index is -5.55. The molecule has 0 saturated carbocycles.